The number of halogens is 1. The van der Waals surface area contributed by atoms with Crippen molar-refractivity contribution >= 4 is 11.6 Å². The molecule has 0 saturated heterocycles. The number of benzene rings is 2. The summed E-state index contributed by atoms with van der Waals surface area (Å²) in [7, 11) is 0. The number of aliphatic hydroxyl groups excluding tert-OH is 1. The van der Waals surface area contributed by atoms with Crippen LogP contribution in [0.4, 0.5) is 0 Å². The van der Waals surface area contributed by atoms with Crippen molar-refractivity contribution in [3.8, 4) is 11.4 Å². The molecule has 0 unspecified atom stereocenters. The highest BCUT2D eigenvalue weighted by molar-refractivity contribution is 6.30. The predicted octanol–water partition coefficient (Wildman–Crippen LogP) is 2.99. The molecule has 0 aliphatic heterocycles. The normalized spacial score (nSPS) is 10.6. The quantitative estimate of drug-likeness (QED) is 0.786. The van der Waals surface area contributed by atoms with E-state index >= 15 is 0 Å². The van der Waals surface area contributed by atoms with Gasteiger partial charge in [0.15, 0.2) is 0 Å². The fourth-order valence-electron chi connectivity index (χ4n) is 1.94. The molecule has 0 aliphatic carbocycles. The maximum absolute atomic E-state index is 8.99. The van der Waals surface area contributed by atoms with Crippen molar-refractivity contribution < 1.29 is 9.84 Å². The van der Waals surface area contributed by atoms with Crippen LogP contribution in [0.25, 0.3) is 5.69 Å². The van der Waals surface area contributed by atoms with Gasteiger partial charge in [-0.25, -0.2) is 4.68 Å². The van der Waals surface area contributed by atoms with Gasteiger partial charge in [-0.05, 0) is 42.0 Å². The summed E-state index contributed by atoms with van der Waals surface area (Å²) in [5, 5.41) is 17.5. The molecule has 1 N–H and O–H groups in total. The second kappa shape index (κ2) is 6.60. The average molecular weight is 316 g/mol. The van der Waals surface area contributed by atoms with Gasteiger partial charge < -0.3 is 9.84 Å². The molecule has 0 atom stereocenters. The number of aromatic nitrogens is 3. The summed E-state index contributed by atoms with van der Waals surface area (Å²) < 4.78 is 7.33. The van der Waals surface area contributed by atoms with Crippen LogP contribution in [0, 0.1) is 0 Å². The highest BCUT2D eigenvalue weighted by Crippen LogP contribution is 2.17. The molecular weight excluding hydrogens is 302 g/mol. The number of aliphatic hydroxyl groups is 1. The number of nitrogens with zero attached hydrogens (tertiary/aromatic N) is 3. The first-order valence-electron chi connectivity index (χ1n) is 6.74. The Labute approximate surface area is 132 Å². The van der Waals surface area contributed by atoms with Gasteiger partial charge in [0.1, 0.15) is 18.1 Å². The van der Waals surface area contributed by atoms with Crippen LogP contribution in [0.15, 0.2) is 54.7 Å². The van der Waals surface area contributed by atoms with E-state index in [1.807, 2.05) is 48.5 Å². The second-order valence-electron chi connectivity index (χ2n) is 4.72. The first-order chi connectivity index (χ1) is 10.7. The molecule has 22 heavy (non-hydrogen) atoms. The van der Waals surface area contributed by atoms with Crippen molar-refractivity contribution in [2.75, 3.05) is 0 Å². The van der Waals surface area contributed by atoms with Crippen molar-refractivity contribution in [2.24, 2.45) is 0 Å². The minimum atomic E-state index is -0.123. The van der Waals surface area contributed by atoms with Crippen LogP contribution in [0.1, 0.15) is 11.3 Å². The van der Waals surface area contributed by atoms with Gasteiger partial charge in [0.05, 0.1) is 18.5 Å². The van der Waals surface area contributed by atoms with Crippen molar-refractivity contribution in [3.05, 3.63) is 71.0 Å². The summed E-state index contributed by atoms with van der Waals surface area (Å²) in [4.78, 5) is 0. The Bertz CT molecular complexity index is 739. The summed E-state index contributed by atoms with van der Waals surface area (Å²) in [5.41, 5.74) is 2.44. The van der Waals surface area contributed by atoms with Gasteiger partial charge in [0, 0.05) is 5.02 Å². The monoisotopic (exact) mass is 315 g/mol. The zero-order valence-corrected chi connectivity index (χ0v) is 12.4. The lowest BCUT2D eigenvalue weighted by Crippen LogP contribution is -1.97. The van der Waals surface area contributed by atoms with E-state index in [1.54, 1.807) is 10.9 Å². The minimum Gasteiger partial charge on any atom is -0.489 e. The third-order valence-corrected chi connectivity index (χ3v) is 3.37. The van der Waals surface area contributed by atoms with Crippen LogP contribution in [0.5, 0.6) is 5.75 Å². The molecule has 3 rings (SSSR count). The SMILES string of the molecule is OCc1cn(-c2ccc(OCc3ccc(Cl)cc3)cc2)nn1. The smallest absolute Gasteiger partial charge is 0.119 e. The molecule has 112 valence electrons. The molecule has 3 aromatic rings. The van der Waals surface area contributed by atoms with E-state index in [9.17, 15) is 0 Å². The van der Waals surface area contributed by atoms with E-state index in [-0.39, 0.29) is 6.61 Å². The average Bonchev–Trinajstić information content (AvgIpc) is 3.04. The van der Waals surface area contributed by atoms with Crippen LogP contribution in [0.3, 0.4) is 0 Å². The van der Waals surface area contributed by atoms with Crippen LogP contribution in [-0.4, -0.2) is 20.1 Å². The lowest BCUT2D eigenvalue weighted by molar-refractivity contribution is 0.276. The summed E-state index contributed by atoms with van der Waals surface area (Å²) in [5.74, 6) is 0.765. The Kier molecular flexibility index (Phi) is 4.37. The Morgan fingerprint density at radius 1 is 1.05 bits per heavy atom. The highest BCUT2D eigenvalue weighted by Gasteiger charge is 2.02. The maximum Gasteiger partial charge on any atom is 0.119 e. The lowest BCUT2D eigenvalue weighted by atomic mass is 10.2. The molecule has 0 fully saturated rings. The van der Waals surface area contributed by atoms with Crippen LogP contribution < -0.4 is 4.74 Å². The fraction of sp³-hybridized carbons (Fsp3) is 0.125. The van der Waals surface area contributed by atoms with Gasteiger partial charge in [0.25, 0.3) is 0 Å². The first-order valence-corrected chi connectivity index (χ1v) is 7.12. The molecule has 0 saturated carbocycles. The van der Waals surface area contributed by atoms with E-state index in [4.69, 9.17) is 21.4 Å². The largest absolute Gasteiger partial charge is 0.489 e. The zero-order chi connectivity index (χ0) is 15.4. The van der Waals surface area contributed by atoms with Gasteiger partial charge in [-0.2, -0.15) is 0 Å². The number of hydrogen-bond donors (Lipinski definition) is 1. The van der Waals surface area contributed by atoms with Crippen molar-refractivity contribution in [1.82, 2.24) is 15.0 Å². The standard InChI is InChI=1S/C16H14ClN3O2/c17-13-3-1-12(2-4-13)11-22-16-7-5-15(6-8-16)20-9-14(10-21)18-19-20/h1-9,21H,10-11H2. The second-order valence-corrected chi connectivity index (χ2v) is 5.16. The molecule has 0 bridgehead atoms. The number of ether oxygens (including phenoxy) is 1. The molecular formula is C16H14ClN3O2. The van der Waals surface area contributed by atoms with E-state index < -0.39 is 0 Å². The minimum absolute atomic E-state index is 0.123. The molecule has 0 spiro atoms. The van der Waals surface area contributed by atoms with Crippen LogP contribution in [-0.2, 0) is 13.2 Å². The van der Waals surface area contributed by atoms with Crippen LogP contribution >= 0.6 is 11.6 Å². The lowest BCUT2D eigenvalue weighted by Gasteiger charge is -2.07. The van der Waals surface area contributed by atoms with Gasteiger partial charge in [0.2, 0.25) is 0 Å². The Morgan fingerprint density at radius 2 is 1.77 bits per heavy atom. The molecule has 1 aromatic heterocycles. The van der Waals surface area contributed by atoms with Crippen molar-refractivity contribution in [2.45, 2.75) is 13.2 Å². The van der Waals surface area contributed by atoms with E-state index in [0.717, 1.165) is 17.0 Å². The number of hydrogen-bond acceptors (Lipinski definition) is 4. The first kappa shape index (κ1) is 14.6. The molecule has 1 heterocycles. The Hall–Kier alpha value is -2.37. The fourth-order valence-corrected chi connectivity index (χ4v) is 2.07. The summed E-state index contributed by atoms with van der Waals surface area (Å²) in [6.07, 6.45) is 1.68. The molecule has 0 amide bonds. The highest BCUT2D eigenvalue weighted by atomic mass is 35.5. The third kappa shape index (κ3) is 3.44. The molecule has 2 aromatic carbocycles. The summed E-state index contributed by atoms with van der Waals surface area (Å²) in [6, 6.07) is 15.0. The van der Waals surface area contributed by atoms with Crippen molar-refractivity contribution in [3.63, 3.8) is 0 Å². The van der Waals surface area contributed by atoms with E-state index in [0.29, 0.717) is 17.3 Å². The van der Waals surface area contributed by atoms with Gasteiger partial charge >= 0.3 is 0 Å². The van der Waals surface area contributed by atoms with E-state index in [1.165, 1.54) is 0 Å². The molecule has 0 aliphatic rings. The third-order valence-electron chi connectivity index (χ3n) is 3.12. The van der Waals surface area contributed by atoms with Crippen LogP contribution in [0.2, 0.25) is 5.02 Å². The summed E-state index contributed by atoms with van der Waals surface area (Å²) >= 11 is 5.85. The number of rotatable bonds is 5. The predicted molar refractivity (Wildman–Crippen MR) is 83.1 cm³/mol. The zero-order valence-electron chi connectivity index (χ0n) is 11.7. The van der Waals surface area contributed by atoms with Gasteiger partial charge in [-0.1, -0.05) is 28.9 Å². The maximum atomic E-state index is 8.99. The topological polar surface area (TPSA) is 60.2 Å². The van der Waals surface area contributed by atoms with Crippen molar-refractivity contribution in [1.29, 1.82) is 0 Å². The molecule has 0 radical (unpaired) electrons. The molecule has 5 nitrogen and oxygen atoms in total. The Balaban J connectivity index is 1.65. The Morgan fingerprint density at radius 3 is 2.41 bits per heavy atom. The van der Waals surface area contributed by atoms with Gasteiger partial charge in [-0.15, -0.1) is 5.10 Å². The molecule has 6 heteroatoms. The van der Waals surface area contributed by atoms with E-state index in [2.05, 4.69) is 10.3 Å². The summed E-state index contributed by atoms with van der Waals surface area (Å²) in [6.45, 7) is 0.358. The van der Waals surface area contributed by atoms with Gasteiger partial charge in [-0.3, -0.25) is 0 Å².